The lowest BCUT2D eigenvalue weighted by Crippen LogP contribution is -2.40. The first-order valence-corrected chi connectivity index (χ1v) is 12.7. The molecule has 1 aliphatic rings. The normalized spacial score (nSPS) is 20.5. The molecule has 0 saturated heterocycles. The summed E-state index contributed by atoms with van der Waals surface area (Å²) >= 11 is 1.21. The van der Waals surface area contributed by atoms with Crippen LogP contribution in [0.15, 0.2) is 78.9 Å². The van der Waals surface area contributed by atoms with E-state index in [1.165, 1.54) is 60.1 Å². The molecule has 4 nitrogen and oxygen atoms in total. The van der Waals surface area contributed by atoms with Gasteiger partial charge in [-0.3, -0.25) is 9.86 Å². The topological polar surface area (TPSA) is 59.3 Å². The van der Waals surface area contributed by atoms with E-state index >= 15 is 0 Å². The largest absolute Gasteiger partial charge is 0.497 e. The van der Waals surface area contributed by atoms with Gasteiger partial charge in [-0.05, 0) is 71.9 Å². The number of hydrogen-bond acceptors (Lipinski definition) is 5. The zero-order chi connectivity index (χ0) is 22.9. The van der Waals surface area contributed by atoms with Gasteiger partial charge >= 0.3 is 0 Å². The van der Waals surface area contributed by atoms with Gasteiger partial charge in [-0.1, -0.05) is 66.7 Å². The van der Waals surface area contributed by atoms with Gasteiger partial charge in [-0.15, -0.1) is 0 Å². The van der Waals surface area contributed by atoms with Gasteiger partial charge in [-0.25, -0.2) is 0 Å². The van der Waals surface area contributed by atoms with Gasteiger partial charge in [0.25, 0.3) is 0 Å². The second-order valence-electron chi connectivity index (χ2n) is 8.99. The van der Waals surface area contributed by atoms with Crippen molar-refractivity contribution in [3.05, 3.63) is 90.0 Å². The lowest BCUT2D eigenvalue weighted by Gasteiger charge is -2.41. The van der Waals surface area contributed by atoms with Crippen LogP contribution in [0.5, 0.6) is 5.75 Å². The van der Waals surface area contributed by atoms with Gasteiger partial charge in [0.05, 0.1) is 7.11 Å². The smallest absolute Gasteiger partial charge is 0.119 e. The van der Waals surface area contributed by atoms with E-state index in [0.29, 0.717) is 6.04 Å². The van der Waals surface area contributed by atoms with Crippen LogP contribution in [0.25, 0.3) is 11.1 Å². The van der Waals surface area contributed by atoms with Crippen molar-refractivity contribution in [1.82, 2.24) is 10.0 Å². The molecule has 0 amide bonds. The molecule has 0 atom stereocenters. The molecule has 1 saturated carbocycles. The molecule has 0 aliphatic heterocycles. The van der Waals surface area contributed by atoms with Crippen LogP contribution in [0, 0.1) is 0 Å². The number of benzene rings is 3. The molecule has 4 rings (SSSR count). The van der Waals surface area contributed by atoms with Crippen LogP contribution < -0.4 is 19.9 Å². The lowest BCUT2D eigenvalue weighted by atomic mass is 9.66. The standard InChI is InChI=1S/C28H35N3OS/c1-32-27-9-5-8-25(20-27)28(18-19-31-33-29)16-14-26(15-17-28)30-21-22-10-12-24(13-11-22)23-6-3-2-4-7-23/h2-13,20,26,30-31H,14-19,21,29H2,1H3. The van der Waals surface area contributed by atoms with Gasteiger partial charge in [-0.2, -0.15) is 0 Å². The first kappa shape index (κ1) is 23.8. The van der Waals surface area contributed by atoms with Crippen molar-refractivity contribution in [3.8, 4) is 16.9 Å². The SMILES string of the molecule is COc1cccc(C2(CCNSN)CCC(NCc3ccc(-c4ccccc4)cc3)CC2)c1. The molecular formula is C28H35N3OS. The predicted octanol–water partition coefficient (Wildman–Crippen LogP) is 5.83. The zero-order valence-corrected chi connectivity index (χ0v) is 20.2. The summed E-state index contributed by atoms with van der Waals surface area (Å²) in [6, 6.07) is 28.7. The molecule has 4 N–H and O–H groups in total. The number of rotatable bonds is 10. The third-order valence-electron chi connectivity index (χ3n) is 7.07. The molecule has 1 aliphatic carbocycles. The Morgan fingerprint density at radius 3 is 2.36 bits per heavy atom. The Kier molecular flexibility index (Phi) is 8.46. The third kappa shape index (κ3) is 6.18. The minimum absolute atomic E-state index is 0.173. The minimum Gasteiger partial charge on any atom is -0.497 e. The number of nitrogens with two attached hydrogens (primary N) is 1. The molecule has 0 spiro atoms. The molecule has 174 valence electrons. The summed E-state index contributed by atoms with van der Waals surface area (Å²) in [5.74, 6) is 0.937. The Labute approximate surface area is 202 Å². The highest BCUT2D eigenvalue weighted by Gasteiger charge is 2.36. The average Bonchev–Trinajstić information content (AvgIpc) is 2.89. The van der Waals surface area contributed by atoms with E-state index in [1.807, 2.05) is 6.07 Å². The Bertz CT molecular complexity index is 986. The average molecular weight is 462 g/mol. The van der Waals surface area contributed by atoms with Gasteiger partial charge in [0.2, 0.25) is 0 Å². The Morgan fingerprint density at radius 1 is 0.939 bits per heavy atom. The predicted molar refractivity (Wildman–Crippen MR) is 140 cm³/mol. The van der Waals surface area contributed by atoms with Crippen LogP contribution in [0.2, 0.25) is 0 Å². The maximum Gasteiger partial charge on any atom is 0.119 e. The fraction of sp³-hybridized carbons (Fsp3) is 0.357. The maximum absolute atomic E-state index is 5.61. The second-order valence-corrected chi connectivity index (χ2v) is 9.52. The van der Waals surface area contributed by atoms with Gasteiger partial charge in [0.15, 0.2) is 0 Å². The van der Waals surface area contributed by atoms with Crippen molar-refractivity contribution in [2.45, 2.75) is 50.1 Å². The molecule has 0 heterocycles. The van der Waals surface area contributed by atoms with E-state index in [2.05, 4.69) is 82.8 Å². The summed E-state index contributed by atoms with van der Waals surface area (Å²) in [4.78, 5) is 0. The van der Waals surface area contributed by atoms with E-state index in [1.54, 1.807) is 7.11 Å². The van der Waals surface area contributed by atoms with Gasteiger partial charge in [0.1, 0.15) is 5.75 Å². The van der Waals surface area contributed by atoms with Gasteiger partial charge in [0, 0.05) is 31.3 Å². The highest BCUT2D eigenvalue weighted by atomic mass is 32.2. The van der Waals surface area contributed by atoms with Gasteiger partial charge < -0.3 is 10.1 Å². The van der Waals surface area contributed by atoms with Crippen LogP contribution in [0.4, 0.5) is 0 Å². The summed E-state index contributed by atoms with van der Waals surface area (Å²) in [5, 5.41) is 9.42. The quantitative estimate of drug-likeness (QED) is 0.262. The molecule has 0 unspecified atom stereocenters. The molecular weight excluding hydrogens is 426 g/mol. The van der Waals surface area contributed by atoms with Crippen LogP contribution in [0.3, 0.4) is 0 Å². The minimum atomic E-state index is 0.173. The molecule has 0 aromatic heterocycles. The summed E-state index contributed by atoms with van der Waals surface area (Å²) in [6.07, 6.45) is 5.77. The van der Waals surface area contributed by atoms with Crippen molar-refractivity contribution >= 4 is 12.1 Å². The van der Waals surface area contributed by atoms with Crippen molar-refractivity contribution in [2.75, 3.05) is 13.7 Å². The van der Waals surface area contributed by atoms with Crippen LogP contribution in [0.1, 0.15) is 43.2 Å². The molecule has 3 aromatic rings. The summed E-state index contributed by atoms with van der Waals surface area (Å²) in [7, 11) is 1.74. The molecule has 1 fully saturated rings. The van der Waals surface area contributed by atoms with Crippen LogP contribution >= 0.6 is 12.1 Å². The Morgan fingerprint density at radius 2 is 1.67 bits per heavy atom. The van der Waals surface area contributed by atoms with E-state index in [4.69, 9.17) is 9.88 Å². The molecule has 0 bridgehead atoms. The fourth-order valence-electron chi connectivity index (χ4n) is 5.07. The highest BCUT2D eigenvalue weighted by Crippen LogP contribution is 2.43. The fourth-order valence-corrected chi connectivity index (χ4v) is 5.29. The summed E-state index contributed by atoms with van der Waals surface area (Å²) in [5.41, 5.74) is 5.43. The first-order chi connectivity index (χ1) is 16.2. The Hall–Kier alpha value is -2.31. The second kappa shape index (κ2) is 11.7. The van der Waals surface area contributed by atoms with Crippen LogP contribution in [-0.2, 0) is 12.0 Å². The molecule has 5 heteroatoms. The number of methoxy groups -OCH3 is 1. The van der Waals surface area contributed by atoms with Crippen LogP contribution in [-0.4, -0.2) is 19.7 Å². The summed E-state index contributed by atoms with van der Waals surface area (Å²) in [6.45, 7) is 1.82. The molecule has 33 heavy (non-hydrogen) atoms. The summed E-state index contributed by atoms with van der Waals surface area (Å²) < 4.78 is 8.75. The van der Waals surface area contributed by atoms with E-state index < -0.39 is 0 Å². The zero-order valence-electron chi connectivity index (χ0n) is 19.4. The monoisotopic (exact) mass is 461 g/mol. The van der Waals surface area contributed by atoms with Crippen molar-refractivity contribution in [3.63, 3.8) is 0 Å². The number of nitrogens with one attached hydrogen (secondary N) is 2. The maximum atomic E-state index is 5.61. The van der Waals surface area contributed by atoms with E-state index in [9.17, 15) is 0 Å². The molecule has 0 radical (unpaired) electrons. The number of hydrogen-bond donors (Lipinski definition) is 3. The first-order valence-electron chi connectivity index (χ1n) is 11.8. The van der Waals surface area contributed by atoms with Crippen molar-refractivity contribution in [1.29, 1.82) is 0 Å². The van der Waals surface area contributed by atoms with Crippen molar-refractivity contribution < 1.29 is 4.74 Å². The molecule has 3 aromatic carbocycles. The van der Waals surface area contributed by atoms with E-state index in [-0.39, 0.29) is 5.41 Å². The third-order valence-corrected chi connectivity index (χ3v) is 7.44. The Balaban J connectivity index is 1.35. The number of ether oxygens (including phenoxy) is 1. The lowest BCUT2D eigenvalue weighted by molar-refractivity contribution is 0.232. The van der Waals surface area contributed by atoms with Crippen molar-refractivity contribution in [2.24, 2.45) is 5.14 Å². The highest BCUT2D eigenvalue weighted by molar-refractivity contribution is 7.95. The van der Waals surface area contributed by atoms with E-state index in [0.717, 1.165) is 25.3 Å².